The molecule has 0 aliphatic carbocycles. The van der Waals surface area contributed by atoms with Crippen LogP contribution in [0, 0.1) is 0 Å². The molecule has 0 saturated heterocycles. The predicted octanol–water partition coefficient (Wildman–Crippen LogP) is 6.08. The highest BCUT2D eigenvalue weighted by Crippen LogP contribution is 2.61. The van der Waals surface area contributed by atoms with Crippen molar-refractivity contribution in [2.45, 2.75) is 13.8 Å². The van der Waals surface area contributed by atoms with Crippen molar-refractivity contribution in [1.82, 2.24) is 0 Å². The van der Waals surface area contributed by atoms with Crippen molar-refractivity contribution in [3.63, 3.8) is 0 Å². The van der Waals surface area contributed by atoms with E-state index >= 15 is 0 Å². The van der Waals surface area contributed by atoms with Gasteiger partial charge in [-0.15, -0.1) is 0 Å². The molecule has 0 fully saturated rings. The summed E-state index contributed by atoms with van der Waals surface area (Å²) in [6.45, 7) is 4.53. The molecule has 0 saturated carbocycles. The minimum absolute atomic E-state index is 0.449. The summed E-state index contributed by atoms with van der Waals surface area (Å²) in [6.07, 6.45) is 0. The van der Waals surface area contributed by atoms with Gasteiger partial charge in [-0.1, -0.05) is 30.1 Å². The molecule has 0 radical (unpaired) electrons. The first-order valence-corrected chi connectivity index (χ1v) is 11.8. The molecule has 108 valence electrons. The van der Waals surface area contributed by atoms with Gasteiger partial charge in [0.25, 0.3) is 5.69 Å². The Balaban J connectivity index is 2.79. The second-order valence-electron chi connectivity index (χ2n) is 3.27. The van der Waals surface area contributed by atoms with Gasteiger partial charge in [-0.05, 0) is 54.1 Å². The average molecular weight is 377 g/mol. The van der Waals surface area contributed by atoms with Crippen molar-refractivity contribution in [2.75, 3.05) is 17.4 Å². The molecule has 0 aliphatic heterocycles. The molecule has 1 atom stereocenters. The molecular weight excluding hydrogens is 362 g/mol. The van der Waals surface area contributed by atoms with Gasteiger partial charge in [-0.3, -0.25) is 0 Å². The van der Waals surface area contributed by atoms with Gasteiger partial charge in [-0.25, -0.2) is 0 Å². The summed E-state index contributed by atoms with van der Waals surface area (Å²) in [5.41, 5.74) is -2.41. The van der Waals surface area contributed by atoms with Crippen LogP contribution in [0.2, 0.25) is 10.0 Å². The van der Waals surface area contributed by atoms with Crippen LogP contribution in [0.3, 0.4) is 0 Å². The van der Waals surface area contributed by atoms with E-state index in [1.165, 1.54) is 11.4 Å². The molecular formula is C11H15Cl2O2PS3. The van der Waals surface area contributed by atoms with Crippen LogP contribution in [0.1, 0.15) is 13.8 Å². The van der Waals surface area contributed by atoms with Crippen molar-refractivity contribution in [2.24, 2.45) is 0 Å². The van der Waals surface area contributed by atoms with Gasteiger partial charge in [-0.2, -0.15) is 11.8 Å². The Labute approximate surface area is 137 Å². The molecule has 1 rings (SSSR count). The molecule has 2 nitrogen and oxygen atoms in total. The lowest BCUT2D eigenvalue weighted by molar-refractivity contribution is 0.344. The Bertz CT molecular complexity index is 460. The lowest BCUT2D eigenvalue weighted by atomic mass is 10.3. The van der Waals surface area contributed by atoms with Gasteiger partial charge in [0, 0.05) is 10.1 Å². The summed E-state index contributed by atoms with van der Waals surface area (Å²) in [4.78, 5) is 0. The maximum absolute atomic E-state index is 6.09. The lowest BCUT2D eigenvalue weighted by Crippen LogP contribution is -1.96. The van der Waals surface area contributed by atoms with Crippen molar-refractivity contribution in [1.29, 1.82) is 0 Å². The molecule has 19 heavy (non-hydrogen) atoms. The van der Waals surface area contributed by atoms with E-state index in [-0.39, 0.29) is 0 Å². The summed E-state index contributed by atoms with van der Waals surface area (Å²) in [5.74, 6) is 1.56. The largest absolute Gasteiger partial charge is 0.435 e. The zero-order valence-corrected chi connectivity index (χ0v) is 15.5. The van der Waals surface area contributed by atoms with Gasteiger partial charge < -0.3 is 9.05 Å². The number of rotatable bonds is 8. The summed E-state index contributed by atoms with van der Waals surface area (Å²) in [7, 11) is 0. The number of halogens is 2. The summed E-state index contributed by atoms with van der Waals surface area (Å²) < 4.78 is 11.5. The first-order chi connectivity index (χ1) is 9.00. The van der Waals surface area contributed by atoms with E-state index in [0.29, 0.717) is 22.4 Å². The molecule has 0 bridgehead atoms. The average Bonchev–Trinajstić information content (AvgIpc) is 2.34. The Morgan fingerprint density at radius 1 is 1.32 bits per heavy atom. The first kappa shape index (κ1) is 18.0. The molecule has 1 aromatic rings. The van der Waals surface area contributed by atoms with Gasteiger partial charge in [0.2, 0.25) is 0 Å². The second kappa shape index (κ2) is 9.04. The second-order valence-corrected chi connectivity index (χ2v) is 12.0. The van der Waals surface area contributed by atoms with Gasteiger partial charge in [0.1, 0.15) is 5.75 Å². The van der Waals surface area contributed by atoms with E-state index in [9.17, 15) is 0 Å². The van der Waals surface area contributed by atoms with Crippen LogP contribution in [0.25, 0.3) is 0 Å². The zero-order chi connectivity index (χ0) is 14.3. The molecule has 1 unspecified atom stereocenters. The van der Waals surface area contributed by atoms with Crippen molar-refractivity contribution < 1.29 is 9.05 Å². The smallest absolute Gasteiger partial charge is 0.298 e. The topological polar surface area (TPSA) is 18.5 Å². The zero-order valence-electron chi connectivity index (χ0n) is 10.6. The molecule has 8 heteroatoms. The van der Waals surface area contributed by atoms with E-state index in [1.54, 1.807) is 30.0 Å². The highest BCUT2D eigenvalue weighted by Gasteiger charge is 2.22. The minimum atomic E-state index is -2.41. The summed E-state index contributed by atoms with van der Waals surface area (Å²) in [5, 5.41) is 1.86. The third-order valence-electron chi connectivity index (χ3n) is 1.89. The molecule has 1 aromatic carbocycles. The maximum atomic E-state index is 6.09. The molecule has 0 spiro atoms. The lowest BCUT2D eigenvalue weighted by Gasteiger charge is -2.22. The number of thioether (sulfide) groups is 1. The fourth-order valence-corrected chi connectivity index (χ4v) is 8.47. The monoisotopic (exact) mass is 376 g/mol. The molecule has 0 aliphatic rings. The Hall–Kier alpha value is 0.910. The van der Waals surface area contributed by atoms with Gasteiger partial charge in [0.05, 0.1) is 11.6 Å². The summed E-state index contributed by atoms with van der Waals surface area (Å²) >= 11 is 20.8. The molecule has 0 aromatic heterocycles. The van der Waals surface area contributed by atoms with Crippen LogP contribution in [0.15, 0.2) is 18.2 Å². The van der Waals surface area contributed by atoms with Gasteiger partial charge in [0.15, 0.2) is 0 Å². The van der Waals surface area contributed by atoms with Crippen LogP contribution in [0.5, 0.6) is 5.75 Å². The first-order valence-electron chi connectivity index (χ1n) is 5.62. The van der Waals surface area contributed by atoms with Crippen LogP contribution in [-0.2, 0) is 16.3 Å². The minimum Gasteiger partial charge on any atom is -0.435 e. The van der Waals surface area contributed by atoms with E-state index in [0.717, 1.165) is 10.8 Å². The Kier molecular flexibility index (Phi) is 8.54. The number of hydrogen-bond acceptors (Lipinski definition) is 5. The molecule has 0 heterocycles. The summed E-state index contributed by atoms with van der Waals surface area (Å²) in [6, 6.07) is 5.08. The van der Waals surface area contributed by atoms with Crippen LogP contribution < -0.4 is 4.52 Å². The van der Waals surface area contributed by atoms with E-state index in [4.69, 9.17) is 44.1 Å². The van der Waals surface area contributed by atoms with Crippen molar-refractivity contribution in [3.05, 3.63) is 28.2 Å². The standard InChI is InChI=1S/C11H15Cl2O2PS3/c1-3-14-16(17,19-8-18-4-2)15-11-6-5-9(12)7-10(11)13/h5-7H,3-4,8H2,1-2H3. The third-order valence-corrected chi connectivity index (χ3v) is 9.15. The number of benzene rings is 1. The van der Waals surface area contributed by atoms with Gasteiger partial charge >= 0.3 is 0 Å². The predicted molar refractivity (Wildman–Crippen MR) is 93.6 cm³/mol. The van der Waals surface area contributed by atoms with Crippen molar-refractivity contribution in [3.8, 4) is 5.75 Å². The fraction of sp³-hybridized carbons (Fsp3) is 0.455. The highest BCUT2D eigenvalue weighted by atomic mass is 35.5. The normalized spacial score (nSPS) is 14.1. The Morgan fingerprint density at radius 3 is 2.63 bits per heavy atom. The van der Waals surface area contributed by atoms with Crippen LogP contribution in [0.4, 0.5) is 0 Å². The van der Waals surface area contributed by atoms with E-state index in [1.807, 2.05) is 6.92 Å². The SMILES string of the molecule is CCOP(=S)(Oc1ccc(Cl)cc1Cl)SCSCC. The number of hydrogen-bond donors (Lipinski definition) is 0. The molecule has 0 amide bonds. The van der Waals surface area contributed by atoms with Crippen molar-refractivity contribution >= 4 is 63.8 Å². The van der Waals surface area contributed by atoms with E-state index in [2.05, 4.69) is 6.92 Å². The fourth-order valence-electron chi connectivity index (χ4n) is 1.10. The quantitative estimate of drug-likeness (QED) is 0.310. The third kappa shape index (κ3) is 6.47. The van der Waals surface area contributed by atoms with Crippen LogP contribution >= 0.6 is 52.0 Å². The van der Waals surface area contributed by atoms with Crippen LogP contribution in [-0.4, -0.2) is 17.4 Å². The molecule has 0 N–H and O–H groups in total. The highest BCUT2D eigenvalue weighted by molar-refractivity contribution is 8.69. The maximum Gasteiger partial charge on any atom is 0.298 e. The Morgan fingerprint density at radius 2 is 2.05 bits per heavy atom. The van der Waals surface area contributed by atoms with E-state index < -0.39 is 5.69 Å².